The number of benzene rings is 3. The Labute approximate surface area is 189 Å². The molecule has 0 N–H and O–H groups in total. The molecule has 0 unspecified atom stereocenters. The zero-order chi connectivity index (χ0) is 22.2. The summed E-state index contributed by atoms with van der Waals surface area (Å²) in [5, 5.41) is 0. The van der Waals surface area contributed by atoms with Gasteiger partial charge in [0.2, 0.25) is 5.91 Å². The number of amides is 2. The van der Waals surface area contributed by atoms with Gasteiger partial charge in [-0.15, -0.1) is 0 Å². The van der Waals surface area contributed by atoms with Gasteiger partial charge in [-0.2, -0.15) is 0 Å². The van der Waals surface area contributed by atoms with Crippen LogP contribution >= 0.6 is 0 Å². The van der Waals surface area contributed by atoms with Gasteiger partial charge in [-0.1, -0.05) is 54.6 Å². The maximum Gasteiger partial charge on any atom is 0.254 e. The zero-order valence-electron chi connectivity index (χ0n) is 18.2. The highest BCUT2D eigenvalue weighted by Crippen LogP contribution is 2.22. The normalized spacial score (nSPS) is 13.6. The van der Waals surface area contributed by atoms with Gasteiger partial charge < -0.3 is 14.5 Å². The number of nitrogens with zero attached hydrogens (tertiary/aromatic N) is 2. The van der Waals surface area contributed by atoms with E-state index in [-0.39, 0.29) is 11.8 Å². The van der Waals surface area contributed by atoms with Crippen molar-refractivity contribution in [2.45, 2.75) is 19.3 Å². The van der Waals surface area contributed by atoms with Gasteiger partial charge in [-0.3, -0.25) is 9.59 Å². The number of aryl methyl sites for hydroxylation is 1. The van der Waals surface area contributed by atoms with Gasteiger partial charge in [0, 0.05) is 38.2 Å². The highest BCUT2D eigenvalue weighted by molar-refractivity contribution is 5.94. The molecular weight excluding hydrogens is 400 g/mol. The van der Waals surface area contributed by atoms with Gasteiger partial charge in [0.15, 0.2) is 0 Å². The van der Waals surface area contributed by atoms with E-state index in [2.05, 4.69) is 12.1 Å². The van der Waals surface area contributed by atoms with Crippen molar-refractivity contribution in [3.8, 4) is 11.5 Å². The van der Waals surface area contributed by atoms with Crippen molar-refractivity contribution in [2.75, 3.05) is 26.2 Å². The number of piperazine rings is 1. The van der Waals surface area contributed by atoms with Gasteiger partial charge in [-0.25, -0.2) is 0 Å². The topological polar surface area (TPSA) is 49.9 Å². The number of carbonyl (C=O) groups excluding carboxylic acids is 2. The summed E-state index contributed by atoms with van der Waals surface area (Å²) in [5.41, 5.74) is 1.86. The van der Waals surface area contributed by atoms with Crippen LogP contribution in [0.25, 0.3) is 0 Å². The minimum atomic E-state index is -0.0281. The molecule has 1 aliphatic heterocycles. The summed E-state index contributed by atoms with van der Waals surface area (Å²) >= 11 is 0. The van der Waals surface area contributed by atoms with E-state index in [0.29, 0.717) is 43.9 Å². The fourth-order valence-corrected chi connectivity index (χ4v) is 3.91. The maximum atomic E-state index is 13.0. The molecule has 0 bridgehead atoms. The first-order valence-corrected chi connectivity index (χ1v) is 11.1. The van der Waals surface area contributed by atoms with E-state index in [1.54, 1.807) is 12.1 Å². The second-order valence-corrected chi connectivity index (χ2v) is 7.96. The standard InChI is InChI=1S/C27H28N2O3/c30-26(16-7-11-22-9-3-1-4-10-22)28-17-19-29(20-18-28)27(31)23-12-8-15-25(21-23)32-24-13-5-2-6-14-24/h1-6,8-10,12-15,21H,7,11,16-20H2. The van der Waals surface area contributed by atoms with Crippen molar-refractivity contribution in [2.24, 2.45) is 0 Å². The molecule has 5 heteroatoms. The average molecular weight is 429 g/mol. The SMILES string of the molecule is O=C(CCCc1ccccc1)N1CCN(C(=O)c2cccc(Oc3ccccc3)c2)CC1. The Morgan fingerprint density at radius 1 is 0.719 bits per heavy atom. The predicted molar refractivity (Wildman–Crippen MR) is 125 cm³/mol. The minimum Gasteiger partial charge on any atom is -0.457 e. The molecule has 1 saturated heterocycles. The Bertz CT molecular complexity index is 1030. The third-order valence-electron chi connectivity index (χ3n) is 5.68. The summed E-state index contributed by atoms with van der Waals surface area (Å²) in [6, 6.07) is 27.0. The van der Waals surface area contributed by atoms with Crippen molar-refractivity contribution < 1.29 is 14.3 Å². The lowest BCUT2D eigenvalue weighted by molar-refractivity contribution is -0.132. The van der Waals surface area contributed by atoms with E-state index >= 15 is 0 Å². The van der Waals surface area contributed by atoms with Crippen molar-refractivity contribution in [1.29, 1.82) is 0 Å². The second-order valence-electron chi connectivity index (χ2n) is 7.96. The zero-order valence-corrected chi connectivity index (χ0v) is 18.2. The van der Waals surface area contributed by atoms with Crippen LogP contribution in [0, 0.1) is 0 Å². The van der Waals surface area contributed by atoms with Crippen LogP contribution in [0.2, 0.25) is 0 Å². The van der Waals surface area contributed by atoms with Crippen LogP contribution in [0.3, 0.4) is 0 Å². The monoisotopic (exact) mass is 428 g/mol. The van der Waals surface area contributed by atoms with Crippen molar-refractivity contribution in [3.05, 3.63) is 96.1 Å². The quantitative estimate of drug-likeness (QED) is 0.544. The first-order chi connectivity index (χ1) is 15.7. The lowest BCUT2D eigenvalue weighted by atomic mass is 10.1. The summed E-state index contributed by atoms with van der Waals surface area (Å²) in [6.07, 6.45) is 2.30. The number of para-hydroxylation sites is 1. The van der Waals surface area contributed by atoms with E-state index in [0.717, 1.165) is 18.6 Å². The molecule has 32 heavy (non-hydrogen) atoms. The van der Waals surface area contributed by atoms with Gasteiger partial charge in [0.25, 0.3) is 5.91 Å². The van der Waals surface area contributed by atoms with Crippen molar-refractivity contribution in [3.63, 3.8) is 0 Å². The largest absolute Gasteiger partial charge is 0.457 e. The van der Waals surface area contributed by atoms with Gasteiger partial charge in [0.05, 0.1) is 0 Å². The molecule has 2 amide bonds. The fourth-order valence-electron chi connectivity index (χ4n) is 3.91. The number of rotatable bonds is 7. The van der Waals surface area contributed by atoms with Crippen molar-refractivity contribution in [1.82, 2.24) is 9.80 Å². The molecule has 0 saturated carbocycles. The summed E-state index contributed by atoms with van der Waals surface area (Å²) < 4.78 is 5.85. The van der Waals surface area contributed by atoms with Crippen LogP contribution in [-0.2, 0) is 11.2 Å². The second kappa shape index (κ2) is 10.6. The van der Waals surface area contributed by atoms with E-state index in [1.165, 1.54) is 5.56 Å². The van der Waals surface area contributed by atoms with E-state index < -0.39 is 0 Å². The lowest BCUT2D eigenvalue weighted by Crippen LogP contribution is -2.50. The molecule has 164 valence electrons. The number of hydrogen-bond donors (Lipinski definition) is 0. The molecule has 0 aromatic heterocycles. The number of ether oxygens (including phenoxy) is 1. The number of hydrogen-bond acceptors (Lipinski definition) is 3. The highest BCUT2D eigenvalue weighted by atomic mass is 16.5. The predicted octanol–water partition coefficient (Wildman–Crippen LogP) is 4.79. The molecule has 0 radical (unpaired) electrons. The lowest BCUT2D eigenvalue weighted by Gasteiger charge is -2.35. The molecule has 0 atom stereocenters. The molecule has 1 heterocycles. The number of carbonyl (C=O) groups is 2. The summed E-state index contributed by atoms with van der Waals surface area (Å²) in [7, 11) is 0. The van der Waals surface area contributed by atoms with E-state index in [1.807, 2.05) is 70.5 Å². The summed E-state index contributed by atoms with van der Waals surface area (Å²) in [4.78, 5) is 29.2. The Balaban J connectivity index is 1.26. The fraction of sp³-hybridized carbons (Fsp3) is 0.259. The minimum absolute atomic E-state index is 0.0281. The van der Waals surface area contributed by atoms with Gasteiger partial charge >= 0.3 is 0 Å². The molecule has 4 rings (SSSR count). The summed E-state index contributed by atoms with van der Waals surface area (Å²) in [5.74, 6) is 1.51. The van der Waals surface area contributed by atoms with Crippen LogP contribution in [0.5, 0.6) is 11.5 Å². The van der Waals surface area contributed by atoms with Crippen molar-refractivity contribution >= 4 is 11.8 Å². The van der Waals surface area contributed by atoms with E-state index in [4.69, 9.17) is 4.74 Å². The smallest absolute Gasteiger partial charge is 0.254 e. The van der Waals surface area contributed by atoms with Gasteiger partial charge in [-0.05, 0) is 48.7 Å². The molecule has 0 spiro atoms. The Kier molecular flexibility index (Phi) is 7.18. The Morgan fingerprint density at radius 2 is 1.34 bits per heavy atom. The van der Waals surface area contributed by atoms with Crippen LogP contribution in [0.4, 0.5) is 0 Å². The summed E-state index contributed by atoms with van der Waals surface area (Å²) in [6.45, 7) is 2.26. The molecule has 1 fully saturated rings. The van der Waals surface area contributed by atoms with Crippen LogP contribution in [0.1, 0.15) is 28.8 Å². The van der Waals surface area contributed by atoms with Gasteiger partial charge in [0.1, 0.15) is 11.5 Å². The first kappa shape index (κ1) is 21.6. The molecule has 3 aromatic carbocycles. The Hall–Kier alpha value is -3.60. The maximum absolute atomic E-state index is 13.0. The third kappa shape index (κ3) is 5.76. The van der Waals surface area contributed by atoms with Crippen LogP contribution in [-0.4, -0.2) is 47.8 Å². The molecular formula is C27H28N2O3. The molecule has 1 aliphatic rings. The highest BCUT2D eigenvalue weighted by Gasteiger charge is 2.24. The van der Waals surface area contributed by atoms with Crippen LogP contribution < -0.4 is 4.74 Å². The van der Waals surface area contributed by atoms with E-state index in [9.17, 15) is 9.59 Å². The first-order valence-electron chi connectivity index (χ1n) is 11.1. The molecule has 5 nitrogen and oxygen atoms in total. The Morgan fingerprint density at radius 3 is 2.06 bits per heavy atom. The van der Waals surface area contributed by atoms with Crippen LogP contribution in [0.15, 0.2) is 84.9 Å². The molecule has 0 aliphatic carbocycles. The average Bonchev–Trinajstić information content (AvgIpc) is 2.85. The third-order valence-corrected chi connectivity index (χ3v) is 5.68. The molecule has 3 aromatic rings.